The lowest BCUT2D eigenvalue weighted by molar-refractivity contribution is -0.146. The topological polar surface area (TPSA) is 99.1 Å². The molecule has 0 saturated heterocycles. The lowest BCUT2D eigenvalue weighted by atomic mass is 9.97. The summed E-state index contributed by atoms with van der Waals surface area (Å²) in [6.07, 6.45) is 2.55. The molecule has 26 heavy (non-hydrogen) atoms. The minimum Gasteiger partial charge on any atom is -0.480 e. The highest BCUT2D eigenvalue weighted by Gasteiger charge is 2.43. The van der Waals surface area contributed by atoms with Gasteiger partial charge < -0.3 is 10.4 Å². The van der Waals surface area contributed by atoms with Crippen LogP contribution in [0.3, 0.4) is 0 Å². The van der Waals surface area contributed by atoms with E-state index >= 15 is 0 Å². The molecule has 8 heteroatoms. The molecule has 1 aromatic rings. The zero-order chi connectivity index (χ0) is 18.7. The third kappa shape index (κ3) is 3.74. The molecule has 3 rings (SSSR count). The molecule has 1 heterocycles. The minimum absolute atomic E-state index is 0.119. The number of nitrogens with zero attached hydrogens (tertiary/aromatic N) is 2. The number of carboxylic acid groups (broad SMARTS) is 1. The number of hydrogen-bond acceptors (Lipinski definition) is 4. The number of aliphatic carboxylic acids is 1. The van der Waals surface area contributed by atoms with Crippen LogP contribution in [0, 0.1) is 5.82 Å². The number of benzene rings is 1. The van der Waals surface area contributed by atoms with E-state index in [9.17, 15) is 23.9 Å². The van der Waals surface area contributed by atoms with Crippen LogP contribution in [0.15, 0.2) is 29.4 Å². The monoisotopic (exact) mass is 361 g/mol. The van der Waals surface area contributed by atoms with Crippen LogP contribution in [0.1, 0.15) is 44.1 Å². The van der Waals surface area contributed by atoms with Gasteiger partial charge in [-0.25, -0.2) is 14.2 Å². The average molecular weight is 361 g/mol. The van der Waals surface area contributed by atoms with Crippen LogP contribution >= 0.6 is 0 Å². The smallest absolute Gasteiger partial charge is 0.329 e. The van der Waals surface area contributed by atoms with Crippen LogP contribution in [0.2, 0.25) is 0 Å². The van der Waals surface area contributed by atoms with E-state index in [1.807, 2.05) is 0 Å². The second kappa shape index (κ2) is 7.23. The summed E-state index contributed by atoms with van der Waals surface area (Å²) >= 11 is 0. The summed E-state index contributed by atoms with van der Waals surface area (Å²) < 4.78 is 13.0. The number of carbonyl (C=O) groups is 3. The molecule has 1 aliphatic carbocycles. The van der Waals surface area contributed by atoms with Crippen LogP contribution in [0.5, 0.6) is 0 Å². The first-order chi connectivity index (χ1) is 12.4. The van der Waals surface area contributed by atoms with Crippen molar-refractivity contribution in [3.8, 4) is 0 Å². The fourth-order valence-electron chi connectivity index (χ4n) is 3.31. The molecule has 0 aromatic heterocycles. The molecule has 1 saturated carbocycles. The summed E-state index contributed by atoms with van der Waals surface area (Å²) in [5, 5.41) is 17.4. The van der Waals surface area contributed by atoms with Gasteiger partial charge in [0.25, 0.3) is 5.91 Å². The molecular formula is C18H20FN3O4. The Balaban J connectivity index is 1.74. The van der Waals surface area contributed by atoms with Crippen molar-refractivity contribution in [3.63, 3.8) is 0 Å². The second-order valence-corrected chi connectivity index (χ2v) is 6.67. The average Bonchev–Trinajstić information content (AvgIpc) is 3.08. The van der Waals surface area contributed by atoms with Crippen molar-refractivity contribution < 1.29 is 23.9 Å². The first kappa shape index (κ1) is 18.0. The van der Waals surface area contributed by atoms with E-state index in [-0.39, 0.29) is 36.8 Å². The number of carbonyl (C=O) groups excluding carboxylic acids is 2. The minimum atomic E-state index is -1.25. The van der Waals surface area contributed by atoms with Crippen LogP contribution in [0.4, 0.5) is 4.39 Å². The van der Waals surface area contributed by atoms with E-state index in [1.165, 1.54) is 17.1 Å². The predicted molar refractivity (Wildman–Crippen MR) is 90.6 cm³/mol. The molecule has 1 aliphatic heterocycles. The van der Waals surface area contributed by atoms with E-state index < -0.39 is 17.4 Å². The first-order valence-corrected chi connectivity index (χ1v) is 8.58. The van der Waals surface area contributed by atoms with Crippen molar-refractivity contribution in [2.24, 2.45) is 5.10 Å². The highest BCUT2D eigenvalue weighted by atomic mass is 19.1. The molecule has 2 N–H and O–H groups in total. The number of amides is 2. The summed E-state index contributed by atoms with van der Waals surface area (Å²) in [5.41, 5.74) is -0.426. The van der Waals surface area contributed by atoms with Crippen LogP contribution in [0.25, 0.3) is 0 Å². The molecule has 2 aliphatic rings. The third-order valence-electron chi connectivity index (χ3n) is 4.83. The summed E-state index contributed by atoms with van der Waals surface area (Å²) in [5.74, 6) is -2.21. The van der Waals surface area contributed by atoms with E-state index in [0.29, 0.717) is 18.4 Å². The Morgan fingerprint density at radius 3 is 2.46 bits per heavy atom. The van der Waals surface area contributed by atoms with Crippen LogP contribution < -0.4 is 5.32 Å². The quantitative estimate of drug-likeness (QED) is 0.836. The summed E-state index contributed by atoms with van der Waals surface area (Å²) in [6, 6.07) is 5.67. The van der Waals surface area contributed by atoms with Gasteiger partial charge in [0.2, 0.25) is 5.91 Å². The van der Waals surface area contributed by atoms with Crippen molar-refractivity contribution in [2.75, 3.05) is 0 Å². The van der Waals surface area contributed by atoms with E-state index in [4.69, 9.17) is 0 Å². The fraction of sp³-hybridized carbons (Fsp3) is 0.444. The standard InChI is InChI=1S/C18H20FN3O4/c19-13-5-3-12(4-6-13)11-22-15(23)8-7-14(21-22)16(24)20-18(17(25)26)9-1-2-10-18/h3-6H,1-2,7-11H2,(H,20,24)(H,25,26). The Labute approximate surface area is 149 Å². The lowest BCUT2D eigenvalue weighted by Crippen LogP contribution is -2.55. The molecule has 0 spiro atoms. The Morgan fingerprint density at radius 1 is 1.19 bits per heavy atom. The van der Waals surface area contributed by atoms with Crippen LogP contribution in [-0.2, 0) is 20.9 Å². The van der Waals surface area contributed by atoms with Crippen molar-refractivity contribution in [3.05, 3.63) is 35.6 Å². The highest BCUT2D eigenvalue weighted by Crippen LogP contribution is 2.30. The molecule has 1 fully saturated rings. The number of rotatable bonds is 5. The normalized spacial score (nSPS) is 19.2. The van der Waals surface area contributed by atoms with Gasteiger partial charge in [-0.3, -0.25) is 9.59 Å². The zero-order valence-electron chi connectivity index (χ0n) is 14.2. The van der Waals surface area contributed by atoms with Gasteiger partial charge in [-0.05, 0) is 30.5 Å². The molecule has 0 radical (unpaired) electrons. The maximum atomic E-state index is 13.0. The molecule has 2 amide bonds. The largest absolute Gasteiger partial charge is 0.480 e. The molecule has 0 unspecified atom stereocenters. The van der Waals surface area contributed by atoms with Gasteiger partial charge in [0, 0.05) is 12.8 Å². The molecule has 0 atom stereocenters. The predicted octanol–water partition coefficient (Wildman–Crippen LogP) is 1.82. The van der Waals surface area contributed by atoms with Gasteiger partial charge in [-0.2, -0.15) is 5.10 Å². The molecule has 7 nitrogen and oxygen atoms in total. The number of hydrazone groups is 1. The van der Waals surface area contributed by atoms with E-state index in [2.05, 4.69) is 10.4 Å². The summed E-state index contributed by atoms with van der Waals surface area (Å²) in [7, 11) is 0. The van der Waals surface area contributed by atoms with Crippen molar-refractivity contribution in [1.82, 2.24) is 10.3 Å². The third-order valence-corrected chi connectivity index (χ3v) is 4.83. The van der Waals surface area contributed by atoms with Crippen LogP contribution in [-0.4, -0.2) is 39.1 Å². The maximum absolute atomic E-state index is 13.0. The van der Waals surface area contributed by atoms with Gasteiger partial charge in [0.1, 0.15) is 17.1 Å². The first-order valence-electron chi connectivity index (χ1n) is 8.58. The van der Waals surface area contributed by atoms with E-state index in [0.717, 1.165) is 12.8 Å². The molecule has 1 aromatic carbocycles. The van der Waals surface area contributed by atoms with Gasteiger partial charge in [0.15, 0.2) is 0 Å². The zero-order valence-corrected chi connectivity index (χ0v) is 14.2. The second-order valence-electron chi connectivity index (χ2n) is 6.67. The molecule has 138 valence electrons. The Morgan fingerprint density at radius 2 is 1.85 bits per heavy atom. The summed E-state index contributed by atoms with van der Waals surface area (Å²) in [6.45, 7) is 0.125. The fourth-order valence-corrected chi connectivity index (χ4v) is 3.31. The Bertz CT molecular complexity index is 754. The van der Waals surface area contributed by atoms with Gasteiger partial charge in [0.05, 0.1) is 6.54 Å². The van der Waals surface area contributed by atoms with E-state index in [1.54, 1.807) is 12.1 Å². The van der Waals surface area contributed by atoms with Crippen molar-refractivity contribution in [2.45, 2.75) is 50.6 Å². The maximum Gasteiger partial charge on any atom is 0.329 e. The van der Waals surface area contributed by atoms with Gasteiger partial charge >= 0.3 is 5.97 Å². The lowest BCUT2D eigenvalue weighted by Gasteiger charge is -2.28. The number of halogens is 1. The highest BCUT2D eigenvalue weighted by molar-refractivity contribution is 6.40. The number of nitrogens with one attached hydrogen (secondary N) is 1. The van der Waals surface area contributed by atoms with Gasteiger partial charge in [-0.15, -0.1) is 0 Å². The van der Waals surface area contributed by atoms with Crippen molar-refractivity contribution in [1.29, 1.82) is 0 Å². The number of hydrogen-bond donors (Lipinski definition) is 2. The van der Waals surface area contributed by atoms with Gasteiger partial charge in [-0.1, -0.05) is 25.0 Å². The molecular weight excluding hydrogens is 341 g/mol. The molecule has 0 bridgehead atoms. The van der Waals surface area contributed by atoms with Crippen molar-refractivity contribution >= 4 is 23.5 Å². The SMILES string of the molecule is O=C(NC1(C(=O)O)CCCC1)C1=NN(Cc2ccc(F)cc2)C(=O)CC1. The summed E-state index contributed by atoms with van der Waals surface area (Å²) in [4.78, 5) is 36.2. The number of carboxylic acids is 1. The Hall–Kier alpha value is -2.77. The Kier molecular flexibility index (Phi) is 5.01.